The van der Waals surface area contributed by atoms with Gasteiger partial charge >= 0.3 is 0 Å². The summed E-state index contributed by atoms with van der Waals surface area (Å²) in [5.74, 6) is 0.647. The van der Waals surface area contributed by atoms with Crippen molar-refractivity contribution < 1.29 is 22.7 Å². The number of methoxy groups -OCH3 is 1. The number of hydrogen-bond donors (Lipinski definition) is 1. The smallest absolute Gasteiger partial charge is 0.245 e. The van der Waals surface area contributed by atoms with Crippen LogP contribution in [0.3, 0.4) is 0 Å². The summed E-state index contributed by atoms with van der Waals surface area (Å²) in [7, 11) is -2.36. The minimum absolute atomic E-state index is 0.0224. The van der Waals surface area contributed by atoms with Crippen LogP contribution in [0.5, 0.6) is 5.75 Å². The molecule has 0 bridgehead atoms. The van der Waals surface area contributed by atoms with E-state index in [4.69, 9.17) is 9.47 Å². The molecule has 9 heteroatoms. The standard InChI is InChI=1S/C24H31N3O5S/c1-31-21-7-9-22(10-8-21)33(29,30)27(17-19-5-3-2-4-6-19)23-18-26(15-16-32-23)24(28)20-11-13-25-14-12-20/h2-10,20,23,25H,11-18H2,1H3. The molecule has 33 heavy (non-hydrogen) atoms. The zero-order valence-corrected chi connectivity index (χ0v) is 19.7. The molecule has 1 unspecified atom stereocenters. The molecule has 2 aromatic carbocycles. The maximum atomic E-state index is 13.7. The Morgan fingerprint density at radius 2 is 1.82 bits per heavy atom. The molecule has 2 aliphatic heterocycles. The van der Waals surface area contributed by atoms with Gasteiger partial charge in [0.2, 0.25) is 15.9 Å². The number of nitrogens with one attached hydrogen (secondary N) is 1. The Balaban J connectivity index is 1.60. The number of rotatable bonds is 7. The van der Waals surface area contributed by atoms with Crippen molar-refractivity contribution >= 4 is 15.9 Å². The van der Waals surface area contributed by atoms with Gasteiger partial charge in [-0.25, -0.2) is 8.42 Å². The van der Waals surface area contributed by atoms with Crippen molar-refractivity contribution in [2.24, 2.45) is 5.92 Å². The predicted molar refractivity (Wildman–Crippen MR) is 124 cm³/mol. The van der Waals surface area contributed by atoms with E-state index in [-0.39, 0.29) is 29.8 Å². The zero-order chi connectivity index (χ0) is 23.3. The average Bonchev–Trinajstić information content (AvgIpc) is 2.88. The number of benzene rings is 2. The van der Waals surface area contributed by atoms with Crippen molar-refractivity contribution in [3.8, 4) is 5.75 Å². The maximum absolute atomic E-state index is 13.7. The van der Waals surface area contributed by atoms with Crippen molar-refractivity contribution in [3.05, 3.63) is 60.2 Å². The molecule has 2 aromatic rings. The third-order valence-corrected chi connectivity index (χ3v) is 8.07. The van der Waals surface area contributed by atoms with Crippen molar-refractivity contribution in [1.29, 1.82) is 0 Å². The Bertz CT molecular complexity index is 1020. The van der Waals surface area contributed by atoms with Gasteiger partial charge in [-0.2, -0.15) is 4.31 Å². The number of amides is 1. The number of piperidine rings is 1. The van der Waals surface area contributed by atoms with E-state index < -0.39 is 16.3 Å². The van der Waals surface area contributed by atoms with Gasteiger partial charge in [-0.3, -0.25) is 4.79 Å². The minimum atomic E-state index is -3.89. The number of carbonyl (C=O) groups is 1. The van der Waals surface area contributed by atoms with Crippen LogP contribution >= 0.6 is 0 Å². The summed E-state index contributed by atoms with van der Waals surface area (Å²) in [6, 6.07) is 15.7. The van der Waals surface area contributed by atoms with Crippen LogP contribution in [0.25, 0.3) is 0 Å². The highest BCUT2D eigenvalue weighted by atomic mass is 32.2. The molecule has 8 nitrogen and oxygen atoms in total. The van der Waals surface area contributed by atoms with Crippen LogP contribution in [-0.2, 0) is 26.1 Å². The van der Waals surface area contributed by atoms with Gasteiger partial charge in [0, 0.05) is 19.0 Å². The molecular formula is C24H31N3O5S. The molecule has 1 atom stereocenters. The van der Waals surface area contributed by atoms with Gasteiger partial charge in [-0.1, -0.05) is 30.3 Å². The highest BCUT2D eigenvalue weighted by Gasteiger charge is 2.38. The first-order chi connectivity index (χ1) is 16.0. The summed E-state index contributed by atoms with van der Waals surface area (Å²) in [6.07, 6.45) is 0.842. The van der Waals surface area contributed by atoms with Crippen LogP contribution in [-0.4, -0.2) is 69.7 Å². The summed E-state index contributed by atoms with van der Waals surface area (Å²) in [4.78, 5) is 15.1. The molecule has 2 saturated heterocycles. The van der Waals surface area contributed by atoms with Gasteiger partial charge in [-0.05, 0) is 55.8 Å². The van der Waals surface area contributed by atoms with E-state index >= 15 is 0 Å². The molecule has 0 aliphatic carbocycles. The number of ether oxygens (including phenoxy) is 2. The third-order valence-electron chi connectivity index (χ3n) is 6.22. The third kappa shape index (κ3) is 5.55. The van der Waals surface area contributed by atoms with Gasteiger partial charge in [0.15, 0.2) is 0 Å². The largest absolute Gasteiger partial charge is 0.497 e. The summed E-state index contributed by atoms with van der Waals surface area (Å²) < 4.78 is 39.9. The SMILES string of the molecule is COc1ccc(S(=O)(=O)N(Cc2ccccc2)C2CN(C(=O)C3CCNCC3)CCO2)cc1. The van der Waals surface area contributed by atoms with Gasteiger partial charge in [0.05, 0.1) is 25.2 Å². The van der Waals surface area contributed by atoms with E-state index in [0.717, 1.165) is 31.5 Å². The Morgan fingerprint density at radius 3 is 2.48 bits per heavy atom. The summed E-state index contributed by atoms with van der Waals surface area (Å²) in [6.45, 7) is 2.79. The lowest BCUT2D eigenvalue weighted by atomic mass is 9.96. The molecule has 178 valence electrons. The molecule has 2 heterocycles. The van der Waals surface area contributed by atoms with Crippen LogP contribution in [0, 0.1) is 5.92 Å². The van der Waals surface area contributed by atoms with E-state index in [1.54, 1.807) is 17.0 Å². The van der Waals surface area contributed by atoms with E-state index in [1.165, 1.54) is 23.5 Å². The van der Waals surface area contributed by atoms with E-state index in [0.29, 0.717) is 18.9 Å². The van der Waals surface area contributed by atoms with Crippen LogP contribution in [0.15, 0.2) is 59.5 Å². The van der Waals surface area contributed by atoms with E-state index in [2.05, 4.69) is 5.32 Å². The van der Waals surface area contributed by atoms with Crippen LogP contribution < -0.4 is 10.1 Å². The Hall–Kier alpha value is -2.46. The molecule has 2 aliphatic rings. The molecule has 2 fully saturated rings. The first kappa shape index (κ1) is 23.7. The van der Waals surface area contributed by atoms with E-state index in [1.807, 2.05) is 30.3 Å². The van der Waals surface area contributed by atoms with Crippen molar-refractivity contribution in [2.75, 3.05) is 39.9 Å². The number of carbonyl (C=O) groups excluding carboxylic acids is 1. The fourth-order valence-electron chi connectivity index (χ4n) is 4.32. The number of sulfonamides is 1. The fraction of sp³-hybridized carbons (Fsp3) is 0.458. The second-order valence-electron chi connectivity index (χ2n) is 8.35. The molecule has 4 rings (SSSR count). The molecule has 0 saturated carbocycles. The molecule has 0 radical (unpaired) electrons. The molecule has 0 spiro atoms. The number of morpholine rings is 1. The zero-order valence-electron chi connectivity index (χ0n) is 18.9. The van der Waals surface area contributed by atoms with Gasteiger partial charge < -0.3 is 19.7 Å². The molecular weight excluding hydrogens is 442 g/mol. The monoisotopic (exact) mass is 473 g/mol. The Morgan fingerprint density at radius 1 is 1.12 bits per heavy atom. The lowest BCUT2D eigenvalue weighted by molar-refractivity contribution is -0.149. The van der Waals surface area contributed by atoms with E-state index in [9.17, 15) is 13.2 Å². The predicted octanol–water partition coefficient (Wildman–Crippen LogP) is 2.07. The van der Waals surface area contributed by atoms with Gasteiger partial charge in [0.25, 0.3) is 0 Å². The van der Waals surface area contributed by atoms with Crippen molar-refractivity contribution in [1.82, 2.24) is 14.5 Å². The molecule has 0 aromatic heterocycles. The minimum Gasteiger partial charge on any atom is -0.497 e. The van der Waals surface area contributed by atoms with Crippen molar-refractivity contribution in [2.45, 2.75) is 30.5 Å². The van der Waals surface area contributed by atoms with Gasteiger partial charge in [-0.15, -0.1) is 0 Å². The average molecular weight is 474 g/mol. The lowest BCUT2D eigenvalue weighted by Gasteiger charge is -2.40. The van der Waals surface area contributed by atoms with Crippen LogP contribution in [0.2, 0.25) is 0 Å². The quantitative estimate of drug-likeness (QED) is 0.663. The fourth-order valence-corrected chi connectivity index (χ4v) is 5.83. The molecule has 1 amide bonds. The number of nitrogens with zero attached hydrogens (tertiary/aromatic N) is 2. The normalized spacial score (nSPS) is 20.1. The summed E-state index contributed by atoms with van der Waals surface area (Å²) in [5, 5.41) is 3.28. The highest BCUT2D eigenvalue weighted by Crippen LogP contribution is 2.26. The summed E-state index contributed by atoms with van der Waals surface area (Å²) in [5.41, 5.74) is 0.847. The Labute approximate surface area is 195 Å². The Kier molecular flexibility index (Phi) is 7.64. The summed E-state index contributed by atoms with van der Waals surface area (Å²) >= 11 is 0. The van der Waals surface area contributed by atoms with Crippen molar-refractivity contribution in [3.63, 3.8) is 0 Å². The highest BCUT2D eigenvalue weighted by molar-refractivity contribution is 7.89. The second-order valence-corrected chi connectivity index (χ2v) is 10.2. The van der Waals surface area contributed by atoms with Crippen LogP contribution in [0.1, 0.15) is 18.4 Å². The second kappa shape index (κ2) is 10.6. The first-order valence-corrected chi connectivity index (χ1v) is 12.7. The maximum Gasteiger partial charge on any atom is 0.245 e. The van der Waals surface area contributed by atoms with Crippen LogP contribution in [0.4, 0.5) is 0 Å². The first-order valence-electron chi connectivity index (χ1n) is 11.3. The topological polar surface area (TPSA) is 88.2 Å². The number of hydrogen-bond acceptors (Lipinski definition) is 6. The lowest BCUT2D eigenvalue weighted by Crippen LogP contribution is -2.55. The van der Waals surface area contributed by atoms with Gasteiger partial charge in [0.1, 0.15) is 12.0 Å². The molecule has 1 N–H and O–H groups in total.